The second-order valence-electron chi connectivity index (χ2n) is 5.35. The number of hydrogen-bond acceptors (Lipinski definition) is 14. The molecule has 6 N–H and O–H groups in total. The summed E-state index contributed by atoms with van der Waals surface area (Å²) in [5.74, 6) is -2.84. The van der Waals surface area contributed by atoms with Gasteiger partial charge in [0.15, 0.2) is 0 Å². The second-order valence-corrected chi connectivity index (χ2v) is 6.40. The van der Waals surface area contributed by atoms with Crippen molar-refractivity contribution < 1.29 is 121 Å². The van der Waals surface area contributed by atoms with Crippen molar-refractivity contribution in [3.8, 4) is 0 Å². The molecule has 0 unspecified atom stereocenters. The number of carbonyl (C=O) groups is 2. The van der Waals surface area contributed by atoms with Gasteiger partial charge in [-0.2, -0.15) is 0 Å². The van der Waals surface area contributed by atoms with Crippen LogP contribution in [0.5, 0.6) is 0 Å². The molecular formula is C12H17NNa2O13S. The zero-order valence-electron chi connectivity index (χ0n) is 15.4. The molecule has 1 aliphatic heterocycles. The third-order valence-corrected chi connectivity index (χ3v) is 3.76. The number of aliphatic hydroxyl groups excluding tert-OH is 4. The van der Waals surface area contributed by atoms with Crippen molar-refractivity contribution in [2.45, 2.75) is 42.9 Å². The Bertz CT molecular complexity index is 675. The third kappa shape index (κ3) is 9.98. The van der Waals surface area contributed by atoms with Gasteiger partial charge in [-0.1, -0.05) is 0 Å². The van der Waals surface area contributed by atoms with E-state index in [9.17, 15) is 48.1 Å². The van der Waals surface area contributed by atoms with E-state index < -0.39 is 71.6 Å². The van der Waals surface area contributed by atoms with E-state index in [1.165, 1.54) is 0 Å². The van der Waals surface area contributed by atoms with E-state index in [4.69, 9.17) is 15.2 Å². The average molecular weight is 461 g/mol. The second kappa shape index (κ2) is 13.7. The van der Waals surface area contributed by atoms with Gasteiger partial charge in [0.25, 0.3) is 0 Å². The van der Waals surface area contributed by atoms with Crippen molar-refractivity contribution in [2.24, 2.45) is 5.73 Å². The van der Waals surface area contributed by atoms with Crippen molar-refractivity contribution in [1.82, 2.24) is 0 Å². The molecule has 0 aromatic heterocycles. The summed E-state index contributed by atoms with van der Waals surface area (Å²) in [6.07, 6.45) is -11.3. The molecule has 156 valence electrons. The molecule has 1 rings (SSSR count). The van der Waals surface area contributed by atoms with Crippen LogP contribution in [-0.4, -0.2) is 95.1 Å². The predicted molar refractivity (Wildman–Crippen MR) is 76.6 cm³/mol. The Kier molecular flexibility index (Phi) is 14.8. The molecule has 0 radical (unpaired) electrons. The van der Waals surface area contributed by atoms with Crippen LogP contribution in [0.3, 0.4) is 0 Å². The SMILES string of the molecule is N[C@@H](C=O)[C@@H](O)[C@H](O[C@@H]1OC(C(=O)[O-])=C[C@H](O)[C@H]1O)[C@H](O)COS(=O)(=O)[O-].[Na+].[Na+]. The minimum atomic E-state index is -5.24. The van der Waals surface area contributed by atoms with Gasteiger partial charge in [0.05, 0.1) is 12.6 Å². The minimum absolute atomic E-state index is 0. The summed E-state index contributed by atoms with van der Waals surface area (Å²) in [5, 5.41) is 50.1. The number of aldehydes is 1. The zero-order valence-corrected chi connectivity index (χ0v) is 20.2. The van der Waals surface area contributed by atoms with Crippen LogP contribution in [0.25, 0.3) is 0 Å². The van der Waals surface area contributed by atoms with Gasteiger partial charge in [-0.15, -0.1) is 0 Å². The number of ether oxygens (including phenoxy) is 2. The number of carboxylic acid groups (broad SMARTS) is 1. The van der Waals surface area contributed by atoms with E-state index in [2.05, 4.69) is 4.18 Å². The topological polar surface area (TPSA) is 249 Å². The fraction of sp³-hybridized carbons (Fsp3) is 0.667. The summed E-state index contributed by atoms with van der Waals surface area (Å²) in [6, 6.07) is -1.68. The predicted octanol–water partition coefficient (Wildman–Crippen LogP) is -12.2. The van der Waals surface area contributed by atoms with Gasteiger partial charge in [-0.25, -0.2) is 8.42 Å². The molecule has 0 amide bonds. The number of hydrogen-bond donors (Lipinski definition) is 5. The molecule has 0 aromatic carbocycles. The Morgan fingerprint density at radius 1 is 1.34 bits per heavy atom. The monoisotopic (exact) mass is 461 g/mol. The maximum Gasteiger partial charge on any atom is 1.00 e. The fourth-order valence-electron chi connectivity index (χ4n) is 1.97. The Morgan fingerprint density at radius 2 is 1.90 bits per heavy atom. The molecular weight excluding hydrogens is 444 g/mol. The fourth-order valence-corrected chi connectivity index (χ4v) is 2.28. The summed E-state index contributed by atoms with van der Waals surface area (Å²) >= 11 is 0. The van der Waals surface area contributed by atoms with E-state index in [0.717, 1.165) is 0 Å². The standard InChI is InChI=1S/C12H19NO13S.2Na/c13-4(2-14)8(17)10(6(16)3-24-27(21,22)23)26-12-9(18)5(15)1-7(25-12)11(19)20;;/h1-2,4-6,8-10,12,15-18H,3,13H2,(H,19,20)(H,21,22,23);;/q;2*+1/p-2/t4-,5-,6+,8+,9+,10+,12-;;/m0../s1. The largest absolute Gasteiger partial charge is 1.00 e. The van der Waals surface area contributed by atoms with Gasteiger partial charge in [-0.05, 0) is 6.08 Å². The smallest absolute Gasteiger partial charge is 0.726 e. The van der Waals surface area contributed by atoms with Crippen LogP contribution < -0.4 is 70.0 Å². The van der Waals surface area contributed by atoms with Gasteiger partial charge in [0, 0.05) is 0 Å². The van der Waals surface area contributed by atoms with Crippen LogP contribution in [-0.2, 0) is 33.6 Å². The Morgan fingerprint density at radius 3 is 2.34 bits per heavy atom. The van der Waals surface area contributed by atoms with Crippen LogP contribution in [0.2, 0.25) is 0 Å². The quantitative estimate of drug-likeness (QED) is 0.0877. The molecule has 1 heterocycles. The Balaban J connectivity index is 0. The molecule has 0 saturated carbocycles. The molecule has 0 aliphatic carbocycles. The van der Waals surface area contributed by atoms with E-state index in [-0.39, 0.29) is 65.4 Å². The molecule has 17 heteroatoms. The zero-order chi connectivity index (χ0) is 20.9. The van der Waals surface area contributed by atoms with E-state index >= 15 is 0 Å². The van der Waals surface area contributed by atoms with E-state index in [0.29, 0.717) is 6.08 Å². The van der Waals surface area contributed by atoms with E-state index in [1.54, 1.807) is 0 Å². The summed E-state index contributed by atoms with van der Waals surface area (Å²) in [6.45, 7) is -1.24. The molecule has 29 heavy (non-hydrogen) atoms. The number of aliphatic carboxylic acids is 1. The number of rotatable bonds is 10. The van der Waals surface area contributed by atoms with Gasteiger partial charge in [-0.3, -0.25) is 4.18 Å². The molecule has 0 saturated heterocycles. The van der Waals surface area contributed by atoms with Crippen LogP contribution in [0.1, 0.15) is 0 Å². The first-order chi connectivity index (χ1) is 12.4. The van der Waals surface area contributed by atoms with Crippen LogP contribution in [0.15, 0.2) is 11.8 Å². The molecule has 1 aliphatic rings. The molecule has 0 spiro atoms. The molecule has 7 atom stereocenters. The summed E-state index contributed by atoms with van der Waals surface area (Å²) in [7, 11) is -5.24. The average Bonchev–Trinajstić information content (AvgIpc) is 2.58. The van der Waals surface area contributed by atoms with Gasteiger partial charge >= 0.3 is 59.1 Å². The van der Waals surface area contributed by atoms with Crippen molar-refractivity contribution in [1.29, 1.82) is 0 Å². The van der Waals surface area contributed by atoms with Gasteiger partial charge < -0.3 is 54.9 Å². The summed E-state index contributed by atoms with van der Waals surface area (Å²) in [5.41, 5.74) is 5.28. The number of carboxylic acids is 1. The maximum absolute atomic E-state index is 10.8. The Labute approximate surface area is 209 Å². The van der Waals surface area contributed by atoms with Gasteiger partial charge in [0.1, 0.15) is 48.5 Å². The van der Waals surface area contributed by atoms with Crippen molar-refractivity contribution in [3.63, 3.8) is 0 Å². The van der Waals surface area contributed by atoms with Gasteiger partial charge in [0.2, 0.25) is 16.7 Å². The van der Waals surface area contributed by atoms with Crippen molar-refractivity contribution >= 4 is 22.7 Å². The van der Waals surface area contributed by atoms with Crippen molar-refractivity contribution in [3.05, 3.63) is 11.8 Å². The molecule has 0 fully saturated rings. The number of carbonyl (C=O) groups excluding carboxylic acids is 2. The summed E-state index contributed by atoms with van der Waals surface area (Å²) < 4.78 is 44.9. The first-order valence-electron chi connectivity index (χ1n) is 7.16. The minimum Gasteiger partial charge on any atom is -0.726 e. The third-order valence-electron chi connectivity index (χ3n) is 3.34. The van der Waals surface area contributed by atoms with Crippen LogP contribution in [0.4, 0.5) is 0 Å². The van der Waals surface area contributed by atoms with Crippen LogP contribution >= 0.6 is 0 Å². The Hall–Kier alpha value is 0.310. The normalized spacial score (nSPS) is 25.7. The first kappa shape index (κ1) is 31.5. The first-order valence-corrected chi connectivity index (χ1v) is 8.49. The van der Waals surface area contributed by atoms with Crippen LogP contribution in [0, 0.1) is 0 Å². The number of aliphatic hydroxyl groups is 4. The maximum atomic E-state index is 10.8. The van der Waals surface area contributed by atoms with E-state index in [1.807, 2.05) is 0 Å². The van der Waals surface area contributed by atoms with Crippen molar-refractivity contribution in [2.75, 3.05) is 6.61 Å². The molecule has 0 bridgehead atoms. The molecule has 0 aromatic rings. The number of nitrogens with two attached hydrogens (primary N) is 1. The molecule has 14 nitrogen and oxygen atoms in total. The summed E-state index contributed by atoms with van der Waals surface area (Å²) in [4.78, 5) is 21.6.